The van der Waals surface area contributed by atoms with E-state index in [1.54, 1.807) is 0 Å². The van der Waals surface area contributed by atoms with Crippen molar-refractivity contribution >= 4 is 58.8 Å². The first-order valence-electron chi connectivity index (χ1n) is 14.1. The van der Waals surface area contributed by atoms with E-state index in [-0.39, 0.29) is 0 Å². The highest BCUT2D eigenvalue weighted by Gasteiger charge is 2.16. The fraction of sp³-hybridized carbons (Fsp3) is 0. The normalized spacial score (nSPS) is 11.8. The van der Waals surface area contributed by atoms with Gasteiger partial charge in [0.15, 0.2) is 11.5 Å². The van der Waals surface area contributed by atoms with Gasteiger partial charge in [-0.2, -0.15) is 0 Å². The van der Waals surface area contributed by atoms with Gasteiger partial charge in [-0.05, 0) is 45.8 Å². The molecule has 9 aromatic rings. The Kier molecular flexibility index (Phi) is 5.07. The standard InChI is InChI=1S/C38H23N3S/c1-2-14-33-29(11-1)30-12-3-5-17-34(30)41-37(39-40-38(33)41)25-21-19-24(20-22-25)26-9-7-10-27(23-26)28-15-8-16-32-31-13-4-6-18-35(31)42-36(28)32/h1-23H. The van der Waals surface area contributed by atoms with Gasteiger partial charge in [0.2, 0.25) is 0 Å². The summed E-state index contributed by atoms with van der Waals surface area (Å²) in [6, 6.07) is 49.9. The molecule has 3 aromatic heterocycles. The first kappa shape index (κ1) is 23.4. The maximum absolute atomic E-state index is 4.68. The lowest BCUT2D eigenvalue weighted by Crippen LogP contribution is -1.94. The van der Waals surface area contributed by atoms with Gasteiger partial charge in [-0.25, -0.2) is 0 Å². The summed E-state index contributed by atoms with van der Waals surface area (Å²) < 4.78 is 4.86. The molecule has 0 bridgehead atoms. The minimum atomic E-state index is 0.851. The van der Waals surface area contributed by atoms with Crippen molar-refractivity contribution in [1.29, 1.82) is 0 Å². The quantitative estimate of drug-likeness (QED) is 0.204. The summed E-state index contributed by atoms with van der Waals surface area (Å²) in [4.78, 5) is 0. The third kappa shape index (κ3) is 3.46. The molecule has 0 fully saturated rings. The van der Waals surface area contributed by atoms with Crippen molar-refractivity contribution in [3.8, 4) is 33.6 Å². The molecule has 0 saturated heterocycles. The van der Waals surface area contributed by atoms with Crippen LogP contribution < -0.4 is 0 Å². The van der Waals surface area contributed by atoms with E-state index in [1.807, 2.05) is 11.3 Å². The number of rotatable bonds is 3. The minimum absolute atomic E-state index is 0.851. The van der Waals surface area contributed by atoms with Crippen molar-refractivity contribution in [2.75, 3.05) is 0 Å². The van der Waals surface area contributed by atoms with E-state index in [4.69, 9.17) is 0 Å². The molecule has 0 aliphatic rings. The molecule has 4 heteroatoms. The van der Waals surface area contributed by atoms with Crippen LogP contribution in [-0.4, -0.2) is 14.6 Å². The number of thiophene rings is 1. The third-order valence-electron chi connectivity index (χ3n) is 8.32. The van der Waals surface area contributed by atoms with Crippen molar-refractivity contribution in [2.24, 2.45) is 0 Å². The SMILES string of the molecule is c1cc(-c2ccc(-c3nnc4c5ccccc5c5ccccc5n34)cc2)cc(-c2cccc3c2sc2ccccc23)c1. The minimum Gasteiger partial charge on any atom is -0.274 e. The van der Waals surface area contributed by atoms with Crippen LogP contribution in [-0.2, 0) is 0 Å². The summed E-state index contributed by atoms with van der Waals surface area (Å²) in [5, 5.41) is 15.5. The zero-order chi connectivity index (χ0) is 27.6. The topological polar surface area (TPSA) is 30.2 Å². The highest BCUT2D eigenvalue weighted by Crippen LogP contribution is 2.40. The number of hydrogen-bond acceptors (Lipinski definition) is 3. The Labute approximate surface area is 245 Å². The zero-order valence-corrected chi connectivity index (χ0v) is 23.3. The van der Waals surface area contributed by atoms with Gasteiger partial charge < -0.3 is 0 Å². The summed E-state index contributed by atoms with van der Waals surface area (Å²) in [6.45, 7) is 0. The molecule has 0 aliphatic carbocycles. The van der Waals surface area contributed by atoms with E-state index in [1.165, 1.54) is 53.2 Å². The summed E-state index contributed by atoms with van der Waals surface area (Å²) in [7, 11) is 0. The number of aromatic nitrogens is 3. The van der Waals surface area contributed by atoms with Crippen LogP contribution in [0, 0.1) is 0 Å². The number of fused-ring (bicyclic) bond motifs is 9. The van der Waals surface area contributed by atoms with E-state index in [0.29, 0.717) is 0 Å². The Morgan fingerprint density at radius 1 is 0.452 bits per heavy atom. The number of para-hydroxylation sites is 1. The lowest BCUT2D eigenvalue weighted by molar-refractivity contribution is 1.12. The van der Waals surface area contributed by atoms with Crippen LogP contribution in [0.15, 0.2) is 140 Å². The van der Waals surface area contributed by atoms with Gasteiger partial charge in [-0.3, -0.25) is 4.40 Å². The molecule has 3 nitrogen and oxygen atoms in total. The van der Waals surface area contributed by atoms with E-state index in [9.17, 15) is 0 Å². The molecule has 196 valence electrons. The van der Waals surface area contributed by atoms with Crippen LogP contribution in [0.1, 0.15) is 0 Å². The molecule has 0 amide bonds. The second-order valence-corrected chi connectivity index (χ2v) is 11.7. The van der Waals surface area contributed by atoms with Crippen LogP contribution in [0.2, 0.25) is 0 Å². The van der Waals surface area contributed by atoms with Crippen molar-refractivity contribution < 1.29 is 0 Å². The fourth-order valence-electron chi connectivity index (χ4n) is 6.34. The monoisotopic (exact) mass is 553 g/mol. The summed E-state index contributed by atoms with van der Waals surface area (Å²) >= 11 is 1.87. The summed E-state index contributed by atoms with van der Waals surface area (Å²) in [5.74, 6) is 0.851. The van der Waals surface area contributed by atoms with Gasteiger partial charge in [0, 0.05) is 36.5 Å². The molecular formula is C38H23N3S. The molecule has 0 aliphatic heterocycles. The second kappa shape index (κ2) is 9.10. The summed E-state index contributed by atoms with van der Waals surface area (Å²) in [6.07, 6.45) is 0. The Hall–Kier alpha value is -5.32. The predicted molar refractivity (Wildman–Crippen MR) is 177 cm³/mol. The van der Waals surface area contributed by atoms with Crippen LogP contribution in [0.5, 0.6) is 0 Å². The first-order chi connectivity index (χ1) is 20.8. The Morgan fingerprint density at radius 3 is 2.00 bits per heavy atom. The van der Waals surface area contributed by atoms with Gasteiger partial charge in [0.05, 0.1) is 5.52 Å². The zero-order valence-electron chi connectivity index (χ0n) is 22.5. The molecule has 0 atom stereocenters. The molecule has 0 spiro atoms. The lowest BCUT2D eigenvalue weighted by Gasteiger charge is -2.10. The smallest absolute Gasteiger partial charge is 0.169 e. The van der Waals surface area contributed by atoms with Gasteiger partial charge in [0.25, 0.3) is 0 Å². The van der Waals surface area contributed by atoms with Gasteiger partial charge in [0.1, 0.15) is 0 Å². The van der Waals surface area contributed by atoms with Crippen molar-refractivity contribution in [3.63, 3.8) is 0 Å². The molecule has 0 N–H and O–H groups in total. The fourth-order valence-corrected chi connectivity index (χ4v) is 7.57. The van der Waals surface area contributed by atoms with Gasteiger partial charge >= 0.3 is 0 Å². The lowest BCUT2D eigenvalue weighted by atomic mass is 9.97. The number of pyridine rings is 1. The highest BCUT2D eigenvalue weighted by molar-refractivity contribution is 7.26. The predicted octanol–water partition coefficient (Wildman–Crippen LogP) is 10.4. The number of hydrogen-bond donors (Lipinski definition) is 0. The van der Waals surface area contributed by atoms with E-state index < -0.39 is 0 Å². The molecule has 0 radical (unpaired) electrons. The Balaban J connectivity index is 1.15. The molecule has 3 heterocycles. The Morgan fingerprint density at radius 2 is 1.12 bits per heavy atom. The molecule has 0 unspecified atom stereocenters. The maximum Gasteiger partial charge on any atom is 0.169 e. The van der Waals surface area contributed by atoms with E-state index in [0.717, 1.165) is 27.9 Å². The van der Waals surface area contributed by atoms with Crippen LogP contribution in [0.4, 0.5) is 0 Å². The molecule has 6 aromatic carbocycles. The molecule has 9 rings (SSSR count). The third-order valence-corrected chi connectivity index (χ3v) is 9.54. The van der Waals surface area contributed by atoms with Crippen LogP contribution in [0.25, 0.3) is 81.1 Å². The van der Waals surface area contributed by atoms with E-state index >= 15 is 0 Å². The highest BCUT2D eigenvalue weighted by atomic mass is 32.1. The number of benzene rings is 6. The van der Waals surface area contributed by atoms with Crippen LogP contribution in [0.3, 0.4) is 0 Å². The van der Waals surface area contributed by atoms with E-state index in [2.05, 4.69) is 154 Å². The van der Waals surface area contributed by atoms with Gasteiger partial charge in [-0.15, -0.1) is 21.5 Å². The average molecular weight is 554 g/mol. The average Bonchev–Trinajstić information content (AvgIpc) is 3.68. The summed E-state index contributed by atoms with van der Waals surface area (Å²) in [5.41, 5.74) is 7.91. The molecule has 42 heavy (non-hydrogen) atoms. The Bertz CT molecular complexity index is 2470. The van der Waals surface area contributed by atoms with Crippen LogP contribution >= 0.6 is 11.3 Å². The van der Waals surface area contributed by atoms with Crippen molar-refractivity contribution in [1.82, 2.24) is 14.6 Å². The van der Waals surface area contributed by atoms with Crippen molar-refractivity contribution in [3.05, 3.63) is 140 Å². The largest absolute Gasteiger partial charge is 0.274 e. The molecular weight excluding hydrogens is 531 g/mol. The molecule has 0 saturated carbocycles. The maximum atomic E-state index is 4.68. The number of nitrogens with zero attached hydrogens (tertiary/aromatic N) is 3. The van der Waals surface area contributed by atoms with Gasteiger partial charge in [-0.1, -0.05) is 121 Å². The van der Waals surface area contributed by atoms with Crippen molar-refractivity contribution in [2.45, 2.75) is 0 Å². The first-order valence-corrected chi connectivity index (χ1v) is 14.9. The second-order valence-electron chi connectivity index (χ2n) is 10.7.